The number of carbonyl (C=O) groups excluding carboxylic acids is 1. The molecule has 1 saturated heterocycles. The minimum Gasteiger partial charge on any atom is -0.493 e. The van der Waals surface area contributed by atoms with Crippen LogP contribution in [0.5, 0.6) is 11.5 Å². The van der Waals surface area contributed by atoms with E-state index in [1.54, 1.807) is 17.0 Å². The second-order valence-electron chi connectivity index (χ2n) is 6.51. The predicted molar refractivity (Wildman–Crippen MR) is 102 cm³/mol. The molecule has 0 aromatic heterocycles. The molecular formula is C20H20ClF3N2O3. The number of nitrogens with zero attached hydrogens (tertiary/aromatic N) is 2. The van der Waals surface area contributed by atoms with Gasteiger partial charge >= 0.3 is 6.61 Å². The van der Waals surface area contributed by atoms with Crippen LogP contribution in [0.1, 0.15) is 15.9 Å². The summed E-state index contributed by atoms with van der Waals surface area (Å²) in [6, 6.07) is 8.67. The Morgan fingerprint density at radius 2 is 1.86 bits per heavy atom. The molecule has 9 heteroatoms. The van der Waals surface area contributed by atoms with Gasteiger partial charge in [-0.15, -0.1) is 0 Å². The molecule has 0 bridgehead atoms. The fourth-order valence-electron chi connectivity index (χ4n) is 3.19. The summed E-state index contributed by atoms with van der Waals surface area (Å²) in [6.45, 7) is -0.617. The van der Waals surface area contributed by atoms with Crippen LogP contribution >= 0.6 is 11.6 Å². The van der Waals surface area contributed by atoms with E-state index in [2.05, 4.69) is 4.74 Å². The summed E-state index contributed by atoms with van der Waals surface area (Å²) in [5, 5.41) is 0.377. The van der Waals surface area contributed by atoms with Gasteiger partial charge in [0.1, 0.15) is 5.82 Å². The van der Waals surface area contributed by atoms with Crippen LogP contribution in [-0.2, 0) is 6.54 Å². The summed E-state index contributed by atoms with van der Waals surface area (Å²) in [5.41, 5.74) is 0.752. The van der Waals surface area contributed by atoms with Gasteiger partial charge in [0, 0.05) is 48.9 Å². The fraction of sp³-hybridized carbons (Fsp3) is 0.350. The Morgan fingerprint density at radius 1 is 1.14 bits per heavy atom. The Kier molecular flexibility index (Phi) is 6.87. The van der Waals surface area contributed by atoms with Crippen LogP contribution in [0.25, 0.3) is 0 Å². The molecule has 156 valence electrons. The zero-order chi connectivity index (χ0) is 21.0. The standard InChI is InChI=1S/C20H20ClF3N2O3/c1-28-18-11-13(5-6-17(18)29-20(23)24)19(27)26-9-7-25(8-10-26)12-14-15(21)3-2-4-16(14)22/h2-6,11,20H,7-10,12H2,1H3. The molecule has 1 aliphatic rings. The number of benzene rings is 2. The first-order valence-electron chi connectivity index (χ1n) is 8.96. The number of methoxy groups -OCH3 is 1. The van der Waals surface area contributed by atoms with Crippen LogP contribution in [0.3, 0.4) is 0 Å². The van der Waals surface area contributed by atoms with E-state index >= 15 is 0 Å². The first-order valence-corrected chi connectivity index (χ1v) is 9.34. The molecule has 1 aliphatic heterocycles. The van der Waals surface area contributed by atoms with Crippen molar-refractivity contribution < 1.29 is 27.4 Å². The third kappa shape index (κ3) is 5.13. The highest BCUT2D eigenvalue weighted by atomic mass is 35.5. The van der Waals surface area contributed by atoms with Gasteiger partial charge in [0.2, 0.25) is 0 Å². The van der Waals surface area contributed by atoms with Crippen LogP contribution < -0.4 is 9.47 Å². The van der Waals surface area contributed by atoms with E-state index in [0.717, 1.165) is 0 Å². The van der Waals surface area contributed by atoms with Gasteiger partial charge in [-0.3, -0.25) is 9.69 Å². The zero-order valence-electron chi connectivity index (χ0n) is 15.7. The van der Waals surface area contributed by atoms with Crippen molar-refractivity contribution in [1.29, 1.82) is 0 Å². The summed E-state index contributed by atoms with van der Waals surface area (Å²) in [6.07, 6.45) is 0. The molecule has 0 unspecified atom stereocenters. The second kappa shape index (κ2) is 9.37. The topological polar surface area (TPSA) is 42.0 Å². The van der Waals surface area contributed by atoms with E-state index in [4.69, 9.17) is 16.3 Å². The highest BCUT2D eigenvalue weighted by Gasteiger charge is 2.24. The maximum Gasteiger partial charge on any atom is 0.387 e. The van der Waals surface area contributed by atoms with E-state index in [-0.39, 0.29) is 23.2 Å². The van der Waals surface area contributed by atoms with Crippen LogP contribution in [0.2, 0.25) is 5.02 Å². The molecule has 0 radical (unpaired) electrons. The van der Waals surface area contributed by atoms with Gasteiger partial charge in [0.15, 0.2) is 11.5 Å². The highest BCUT2D eigenvalue weighted by molar-refractivity contribution is 6.31. The quantitative estimate of drug-likeness (QED) is 0.696. The van der Waals surface area contributed by atoms with E-state index in [9.17, 15) is 18.0 Å². The largest absolute Gasteiger partial charge is 0.493 e. The van der Waals surface area contributed by atoms with Gasteiger partial charge in [0.05, 0.1) is 7.11 Å². The van der Waals surface area contributed by atoms with Crippen LogP contribution in [0.4, 0.5) is 13.2 Å². The molecule has 5 nitrogen and oxygen atoms in total. The maximum absolute atomic E-state index is 14.0. The first-order chi connectivity index (χ1) is 13.9. The lowest BCUT2D eigenvalue weighted by atomic mass is 10.1. The molecule has 0 atom stereocenters. The van der Waals surface area contributed by atoms with E-state index < -0.39 is 6.61 Å². The molecule has 0 saturated carbocycles. The van der Waals surface area contributed by atoms with Crippen molar-refractivity contribution >= 4 is 17.5 Å². The zero-order valence-corrected chi connectivity index (χ0v) is 16.5. The number of piperazine rings is 1. The van der Waals surface area contributed by atoms with E-state index in [1.807, 2.05) is 4.90 Å². The number of halogens is 4. The number of ether oxygens (including phenoxy) is 2. The third-order valence-corrected chi connectivity index (χ3v) is 5.08. The minimum absolute atomic E-state index is 0.0592. The second-order valence-corrected chi connectivity index (χ2v) is 6.92. The Morgan fingerprint density at radius 3 is 2.48 bits per heavy atom. The fourth-order valence-corrected chi connectivity index (χ4v) is 3.42. The van der Waals surface area contributed by atoms with Gasteiger partial charge in [-0.05, 0) is 30.3 Å². The van der Waals surface area contributed by atoms with E-state index in [0.29, 0.717) is 48.9 Å². The van der Waals surface area contributed by atoms with Gasteiger partial charge in [-0.25, -0.2) is 4.39 Å². The van der Waals surface area contributed by atoms with Crippen LogP contribution in [-0.4, -0.2) is 55.6 Å². The van der Waals surface area contributed by atoms with Crippen molar-refractivity contribution in [2.24, 2.45) is 0 Å². The average molecular weight is 429 g/mol. The summed E-state index contributed by atoms with van der Waals surface area (Å²) in [5.74, 6) is -0.667. The summed E-state index contributed by atoms with van der Waals surface area (Å²) in [7, 11) is 1.31. The smallest absolute Gasteiger partial charge is 0.387 e. The lowest BCUT2D eigenvalue weighted by molar-refractivity contribution is -0.0512. The summed E-state index contributed by atoms with van der Waals surface area (Å²) >= 11 is 6.08. The molecule has 0 aliphatic carbocycles. The van der Waals surface area contributed by atoms with Crippen molar-refractivity contribution in [3.05, 3.63) is 58.4 Å². The lowest BCUT2D eigenvalue weighted by Crippen LogP contribution is -2.48. The van der Waals surface area contributed by atoms with E-state index in [1.165, 1.54) is 31.4 Å². The molecule has 1 fully saturated rings. The molecule has 0 spiro atoms. The number of amides is 1. The Hall–Kier alpha value is -2.45. The Bertz CT molecular complexity index is 854. The molecular weight excluding hydrogens is 409 g/mol. The monoisotopic (exact) mass is 428 g/mol. The summed E-state index contributed by atoms with van der Waals surface area (Å²) in [4.78, 5) is 16.4. The van der Waals surface area contributed by atoms with Crippen LogP contribution in [0.15, 0.2) is 36.4 Å². The average Bonchev–Trinajstić information content (AvgIpc) is 2.71. The van der Waals surface area contributed by atoms with Crippen molar-refractivity contribution in [1.82, 2.24) is 9.80 Å². The normalized spacial score (nSPS) is 14.9. The molecule has 2 aromatic rings. The Balaban J connectivity index is 1.63. The lowest BCUT2D eigenvalue weighted by Gasteiger charge is -2.35. The highest BCUT2D eigenvalue weighted by Crippen LogP contribution is 2.30. The molecule has 2 aromatic carbocycles. The van der Waals surface area contributed by atoms with Crippen molar-refractivity contribution in [3.63, 3.8) is 0 Å². The molecule has 0 N–H and O–H groups in total. The maximum atomic E-state index is 14.0. The number of rotatable bonds is 6. The number of hydrogen-bond acceptors (Lipinski definition) is 4. The van der Waals surface area contributed by atoms with Crippen molar-refractivity contribution in [2.75, 3.05) is 33.3 Å². The SMILES string of the molecule is COc1cc(C(=O)N2CCN(Cc3c(F)cccc3Cl)CC2)ccc1OC(F)F. The molecule has 1 heterocycles. The van der Waals surface area contributed by atoms with Gasteiger partial charge in [-0.1, -0.05) is 17.7 Å². The first kappa shape index (κ1) is 21.3. The third-order valence-electron chi connectivity index (χ3n) is 4.73. The number of hydrogen-bond donors (Lipinski definition) is 0. The van der Waals surface area contributed by atoms with Crippen molar-refractivity contribution in [3.8, 4) is 11.5 Å². The molecule has 29 heavy (non-hydrogen) atoms. The van der Waals surface area contributed by atoms with Gasteiger partial charge in [-0.2, -0.15) is 8.78 Å². The number of alkyl halides is 2. The minimum atomic E-state index is -2.98. The van der Waals surface area contributed by atoms with Gasteiger partial charge in [0.25, 0.3) is 5.91 Å². The van der Waals surface area contributed by atoms with Gasteiger partial charge < -0.3 is 14.4 Å². The molecule has 3 rings (SSSR count). The summed E-state index contributed by atoms with van der Waals surface area (Å²) < 4.78 is 48.3. The predicted octanol–water partition coefficient (Wildman–Crippen LogP) is 4.05. The number of carbonyl (C=O) groups is 1. The molecule has 1 amide bonds. The van der Waals surface area contributed by atoms with Crippen molar-refractivity contribution in [2.45, 2.75) is 13.2 Å². The van der Waals surface area contributed by atoms with Crippen LogP contribution in [0, 0.1) is 5.82 Å². The Labute approximate surface area is 171 Å².